The van der Waals surface area contributed by atoms with Crippen LogP contribution in [0.15, 0.2) is 29.2 Å². The first kappa shape index (κ1) is 18.9. The molecule has 0 saturated heterocycles. The second kappa shape index (κ2) is 7.77. The number of Topliss-reactive ketones (excluding diaryl/α,β-unsaturated/α-hetero) is 1. The molecular weight excluding hydrogens is 358 g/mol. The van der Waals surface area contributed by atoms with Crippen molar-refractivity contribution in [1.82, 2.24) is 0 Å². The molecule has 138 valence electrons. The summed E-state index contributed by atoms with van der Waals surface area (Å²) in [6.45, 7) is 0. The van der Waals surface area contributed by atoms with Crippen LogP contribution in [0.4, 0.5) is 0 Å². The largest absolute Gasteiger partial charge is 0.327 e. The third-order valence-corrected chi connectivity index (χ3v) is 8.20. The van der Waals surface area contributed by atoms with E-state index >= 15 is 0 Å². The molecule has 0 spiro atoms. The maximum atomic E-state index is 12.6. The lowest BCUT2D eigenvalue weighted by molar-refractivity contribution is -0.124. The van der Waals surface area contributed by atoms with Crippen LogP contribution in [-0.4, -0.2) is 25.5 Å². The third kappa shape index (κ3) is 4.26. The van der Waals surface area contributed by atoms with Gasteiger partial charge in [0.05, 0.1) is 10.1 Å². The van der Waals surface area contributed by atoms with E-state index < -0.39 is 9.84 Å². The van der Waals surface area contributed by atoms with Crippen molar-refractivity contribution in [3.8, 4) is 0 Å². The number of carbonyl (C=O) groups excluding carboxylic acids is 1. The van der Waals surface area contributed by atoms with Crippen LogP contribution in [-0.2, 0) is 14.6 Å². The number of carbonyl (C=O) groups is 1. The van der Waals surface area contributed by atoms with Crippen LogP contribution < -0.4 is 5.73 Å². The average Bonchev–Trinajstić information content (AvgIpc) is 2.53. The number of sulfone groups is 1. The number of hydrogen-bond donors (Lipinski definition) is 1. The van der Waals surface area contributed by atoms with Crippen LogP contribution in [0.5, 0.6) is 0 Å². The summed E-state index contributed by atoms with van der Waals surface area (Å²) in [5.74, 6) is 0.607. The monoisotopic (exact) mass is 383 g/mol. The number of nitrogens with two attached hydrogens (primary N) is 1. The number of rotatable bonds is 6. The highest BCUT2D eigenvalue weighted by molar-refractivity contribution is 7.92. The lowest BCUT2D eigenvalue weighted by Crippen LogP contribution is -2.39. The average molecular weight is 384 g/mol. The molecule has 0 bridgehead atoms. The Kier molecular flexibility index (Phi) is 5.86. The van der Waals surface area contributed by atoms with Crippen LogP contribution in [0.3, 0.4) is 0 Å². The van der Waals surface area contributed by atoms with Crippen molar-refractivity contribution >= 4 is 27.2 Å². The minimum atomic E-state index is -3.31. The molecule has 2 atom stereocenters. The molecule has 2 fully saturated rings. The van der Waals surface area contributed by atoms with Gasteiger partial charge in [0.2, 0.25) is 0 Å². The van der Waals surface area contributed by atoms with E-state index in [1.54, 1.807) is 18.2 Å². The molecular formula is C19H26ClNO3S. The summed E-state index contributed by atoms with van der Waals surface area (Å²) in [7, 11) is -3.31. The number of hydrogen-bond acceptors (Lipinski definition) is 4. The second-order valence-electron chi connectivity index (χ2n) is 7.52. The zero-order valence-corrected chi connectivity index (χ0v) is 15.9. The molecule has 0 aliphatic heterocycles. The smallest absolute Gasteiger partial charge is 0.181 e. The maximum absolute atomic E-state index is 12.6. The molecule has 0 amide bonds. The summed E-state index contributed by atoms with van der Waals surface area (Å²) in [6.07, 6.45) is 6.66. The van der Waals surface area contributed by atoms with Crippen LogP contribution in [0, 0.1) is 11.8 Å². The van der Waals surface area contributed by atoms with Gasteiger partial charge in [0, 0.05) is 23.4 Å². The van der Waals surface area contributed by atoms with Crippen molar-refractivity contribution in [3.05, 3.63) is 29.3 Å². The van der Waals surface area contributed by atoms with Crippen LogP contribution in [0.2, 0.25) is 5.02 Å². The Morgan fingerprint density at radius 2 is 1.92 bits per heavy atom. The fraction of sp³-hybridized carbons (Fsp3) is 0.632. The highest BCUT2D eigenvalue weighted by atomic mass is 35.5. The topological polar surface area (TPSA) is 77.2 Å². The number of halogens is 1. The lowest BCUT2D eigenvalue weighted by Gasteiger charge is -2.35. The van der Waals surface area contributed by atoms with Gasteiger partial charge in [-0.05, 0) is 56.2 Å². The van der Waals surface area contributed by atoms with Gasteiger partial charge in [-0.15, -0.1) is 0 Å². The molecule has 1 aromatic carbocycles. The van der Waals surface area contributed by atoms with E-state index in [0.717, 1.165) is 32.1 Å². The minimum absolute atomic E-state index is 0.0126. The Morgan fingerprint density at radius 1 is 1.20 bits per heavy atom. The first-order valence-corrected chi connectivity index (χ1v) is 11.1. The van der Waals surface area contributed by atoms with Gasteiger partial charge in [0.25, 0.3) is 0 Å². The van der Waals surface area contributed by atoms with Crippen LogP contribution >= 0.6 is 11.6 Å². The fourth-order valence-corrected chi connectivity index (χ4v) is 6.34. The van der Waals surface area contributed by atoms with Gasteiger partial charge >= 0.3 is 0 Å². The van der Waals surface area contributed by atoms with E-state index in [0.29, 0.717) is 35.1 Å². The molecule has 0 aromatic heterocycles. The standard InChI is InChI=1S/C19H26ClNO3S/c20-14-4-3-5-15(12-14)25(23,24)16-10-13(11-16)8-9-19(22)17-6-1-2-7-18(17)21/h3-5,12-13,16-18H,1-2,6-11,21H2/t13?,16?,17-,18-/m0/s1. The molecule has 0 radical (unpaired) electrons. The predicted octanol–water partition coefficient (Wildman–Crippen LogP) is 3.76. The lowest BCUT2D eigenvalue weighted by atomic mass is 9.77. The third-order valence-electron chi connectivity index (χ3n) is 5.79. The minimum Gasteiger partial charge on any atom is -0.327 e. The molecule has 0 unspecified atom stereocenters. The summed E-state index contributed by atoms with van der Waals surface area (Å²) in [6, 6.07) is 6.46. The van der Waals surface area contributed by atoms with E-state index in [1.807, 2.05) is 0 Å². The number of benzene rings is 1. The molecule has 0 heterocycles. The van der Waals surface area contributed by atoms with Crippen molar-refractivity contribution in [2.45, 2.75) is 67.6 Å². The molecule has 3 rings (SSSR count). The van der Waals surface area contributed by atoms with Crippen LogP contribution in [0.25, 0.3) is 0 Å². The summed E-state index contributed by atoms with van der Waals surface area (Å²) in [4.78, 5) is 12.7. The quantitative estimate of drug-likeness (QED) is 0.811. The van der Waals surface area contributed by atoms with E-state index in [9.17, 15) is 13.2 Å². The summed E-state index contributed by atoms with van der Waals surface area (Å²) in [5.41, 5.74) is 6.08. The van der Waals surface area contributed by atoms with Gasteiger partial charge < -0.3 is 5.73 Å². The van der Waals surface area contributed by atoms with E-state index in [1.165, 1.54) is 6.07 Å². The Hall–Kier alpha value is -0.910. The molecule has 2 aliphatic carbocycles. The zero-order valence-electron chi connectivity index (χ0n) is 14.4. The molecule has 2 saturated carbocycles. The van der Waals surface area contributed by atoms with Crippen molar-refractivity contribution in [2.75, 3.05) is 0 Å². The Balaban J connectivity index is 1.48. The summed E-state index contributed by atoms with van der Waals surface area (Å²) >= 11 is 5.90. The normalized spacial score (nSPS) is 29.8. The fourth-order valence-electron chi connectivity index (χ4n) is 4.09. The van der Waals surface area contributed by atoms with Crippen molar-refractivity contribution in [1.29, 1.82) is 0 Å². The Labute approximate surface area is 155 Å². The van der Waals surface area contributed by atoms with Crippen molar-refractivity contribution in [3.63, 3.8) is 0 Å². The zero-order chi connectivity index (χ0) is 18.0. The number of ketones is 1. The molecule has 4 nitrogen and oxygen atoms in total. The maximum Gasteiger partial charge on any atom is 0.181 e. The van der Waals surface area contributed by atoms with Gasteiger partial charge in [-0.25, -0.2) is 8.42 Å². The van der Waals surface area contributed by atoms with Gasteiger partial charge in [-0.3, -0.25) is 4.79 Å². The molecule has 25 heavy (non-hydrogen) atoms. The van der Waals surface area contributed by atoms with Gasteiger partial charge in [0.1, 0.15) is 5.78 Å². The second-order valence-corrected chi connectivity index (χ2v) is 10.2. The van der Waals surface area contributed by atoms with Gasteiger partial charge in [0.15, 0.2) is 9.84 Å². The summed E-state index contributed by atoms with van der Waals surface area (Å²) in [5, 5.41) is 0.0920. The van der Waals surface area contributed by atoms with E-state index in [4.69, 9.17) is 17.3 Å². The van der Waals surface area contributed by atoms with Crippen molar-refractivity contribution in [2.24, 2.45) is 17.6 Å². The van der Waals surface area contributed by atoms with Crippen LogP contribution in [0.1, 0.15) is 51.4 Å². The molecule has 2 N–H and O–H groups in total. The Morgan fingerprint density at radius 3 is 2.60 bits per heavy atom. The Bertz CT molecular complexity index is 728. The molecule has 6 heteroatoms. The van der Waals surface area contributed by atoms with E-state index in [2.05, 4.69) is 0 Å². The molecule has 2 aliphatic rings. The first-order valence-electron chi connectivity index (χ1n) is 9.15. The van der Waals surface area contributed by atoms with Crippen molar-refractivity contribution < 1.29 is 13.2 Å². The van der Waals surface area contributed by atoms with Gasteiger partial charge in [-0.1, -0.05) is 30.5 Å². The highest BCUT2D eigenvalue weighted by Crippen LogP contribution is 2.39. The van der Waals surface area contributed by atoms with Gasteiger partial charge in [-0.2, -0.15) is 0 Å². The molecule has 1 aromatic rings. The highest BCUT2D eigenvalue weighted by Gasteiger charge is 2.40. The first-order chi connectivity index (χ1) is 11.9. The SMILES string of the molecule is N[C@H]1CCCC[C@@H]1C(=O)CCC1CC(S(=O)(=O)c2cccc(Cl)c2)C1. The predicted molar refractivity (Wildman–Crippen MR) is 99.3 cm³/mol. The summed E-state index contributed by atoms with van der Waals surface area (Å²) < 4.78 is 25.2. The van der Waals surface area contributed by atoms with E-state index in [-0.39, 0.29) is 23.0 Å².